The first kappa shape index (κ1) is 40.3. The smallest absolute Gasteiger partial charge is 0.0541 e. The summed E-state index contributed by atoms with van der Waals surface area (Å²) in [7, 11) is 0. The van der Waals surface area contributed by atoms with E-state index in [4.69, 9.17) is 0 Å². The van der Waals surface area contributed by atoms with Gasteiger partial charge >= 0.3 is 0 Å². The van der Waals surface area contributed by atoms with Gasteiger partial charge in [0.25, 0.3) is 0 Å². The number of nitrogens with zero attached hydrogens (tertiary/aromatic N) is 1. The molecule has 1 heteroatoms. The van der Waals surface area contributed by atoms with Crippen LogP contribution in [-0.4, -0.2) is 4.57 Å². The zero-order valence-electron chi connectivity index (χ0n) is 38.0. The molecule has 0 amide bonds. The van der Waals surface area contributed by atoms with Crippen LogP contribution in [0.5, 0.6) is 0 Å². The fraction of sp³-hybridized carbons (Fsp3) is 0.0606. The second-order valence-corrected chi connectivity index (χ2v) is 18.9. The van der Waals surface area contributed by atoms with E-state index in [-0.39, 0.29) is 5.41 Å². The van der Waals surface area contributed by atoms with Crippen LogP contribution >= 0.6 is 0 Å². The van der Waals surface area contributed by atoms with Gasteiger partial charge in [-0.3, -0.25) is 0 Å². The zero-order chi connectivity index (χ0) is 45.1. The molecule has 0 N–H and O–H groups in total. The normalized spacial score (nSPS) is 11.8. The lowest BCUT2D eigenvalue weighted by Crippen LogP contribution is -2.10. The molecular weight excluding hydrogens is 807 g/mol. The van der Waals surface area contributed by atoms with Gasteiger partial charge in [0.1, 0.15) is 0 Å². The van der Waals surface area contributed by atoms with Gasteiger partial charge in [0.15, 0.2) is 0 Å². The van der Waals surface area contributed by atoms with Crippen molar-refractivity contribution in [2.24, 2.45) is 0 Å². The first-order valence-electron chi connectivity index (χ1n) is 23.4. The quantitative estimate of drug-likeness (QED) is 0.141. The van der Waals surface area contributed by atoms with Gasteiger partial charge < -0.3 is 4.57 Å². The summed E-state index contributed by atoms with van der Waals surface area (Å²) in [6.07, 6.45) is 0. The van der Waals surface area contributed by atoms with E-state index in [9.17, 15) is 0 Å². The Kier molecular flexibility index (Phi) is 9.81. The van der Waals surface area contributed by atoms with Gasteiger partial charge in [-0.1, -0.05) is 215 Å². The van der Waals surface area contributed by atoms with Crippen molar-refractivity contribution in [3.05, 3.63) is 248 Å². The molecule has 0 bridgehead atoms. The van der Waals surface area contributed by atoms with Crippen molar-refractivity contribution in [3.8, 4) is 72.4 Å². The Balaban J connectivity index is 1.06. The molecule has 1 nitrogen and oxygen atoms in total. The minimum Gasteiger partial charge on any atom is -0.309 e. The molecule has 0 radical (unpaired) electrons. The fourth-order valence-electron chi connectivity index (χ4n) is 10.3. The van der Waals surface area contributed by atoms with Gasteiger partial charge in [-0.2, -0.15) is 0 Å². The lowest BCUT2D eigenvalue weighted by molar-refractivity contribution is 0.591. The minimum atomic E-state index is 0.0350. The van der Waals surface area contributed by atoms with Gasteiger partial charge in [-0.25, -0.2) is 0 Å². The lowest BCUT2D eigenvalue weighted by atomic mass is 9.83. The van der Waals surface area contributed by atoms with Gasteiger partial charge in [0, 0.05) is 16.5 Å². The van der Waals surface area contributed by atoms with E-state index in [0.29, 0.717) is 0 Å². The Morgan fingerprint density at radius 2 is 0.582 bits per heavy atom. The highest BCUT2D eigenvalue weighted by Crippen LogP contribution is 2.47. The average Bonchev–Trinajstić information content (AvgIpc) is 3.71. The summed E-state index contributed by atoms with van der Waals surface area (Å²) in [5.74, 6) is 0. The molecule has 12 aromatic rings. The number of benzene rings is 11. The van der Waals surface area contributed by atoms with Crippen molar-refractivity contribution in [1.82, 2.24) is 4.57 Å². The molecule has 1 heterocycles. The number of rotatable bonds is 7. The van der Waals surface area contributed by atoms with Crippen molar-refractivity contribution in [2.75, 3.05) is 0 Å². The number of hydrogen-bond donors (Lipinski definition) is 0. The molecule has 0 spiro atoms. The van der Waals surface area contributed by atoms with Crippen LogP contribution in [-0.2, 0) is 5.41 Å². The maximum absolute atomic E-state index is 2.42. The fourth-order valence-corrected chi connectivity index (χ4v) is 10.3. The third-order valence-corrected chi connectivity index (χ3v) is 13.8. The second-order valence-electron chi connectivity index (χ2n) is 18.9. The summed E-state index contributed by atoms with van der Waals surface area (Å²) in [4.78, 5) is 0. The van der Waals surface area contributed by atoms with E-state index >= 15 is 0 Å². The first-order chi connectivity index (χ1) is 32.9. The SMILES string of the molecule is CC(C)(C)c1ccc2c(c1)c1cc(-c3ccc(-c4c5ccc(-c6ccccc6)cc5c(-c5ccc(-c6ccccc6)cc5)c5ccc(-c6ccccc6)cc45)cc3)ccc1n2-c1ccccc1. The number of hydrogen-bond acceptors (Lipinski definition) is 0. The Morgan fingerprint density at radius 1 is 0.254 bits per heavy atom. The maximum Gasteiger partial charge on any atom is 0.0541 e. The van der Waals surface area contributed by atoms with Gasteiger partial charge in [0.2, 0.25) is 0 Å². The third kappa shape index (κ3) is 7.21. The molecule has 0 unspecified atom stereocenters. The van der Waals surface area contributed by atoms with Crippen molar-refractivity contribution in [2.45, 2.75) is 26.2 Å². The Bertz CT molecular complexity index is 3760. The molecule has 0 saturated carbocycles. The summed E-state index contributed by atoms with van der Waals surface area (Å²) in [6.45, 7) is 6.89. The molecule has 0 atom stereocenters. The van der Waals surface area contributed by atoms with Crippen LogP contribution in [0, 0.1) is 0 Å². The van der Waals surface area contributed by atoms with Crippen LogP contribution in [0.4, 0.5) is 0 Å². The molecule has 12 rings (SSSR count). The summed E-state index contributed by atoms with van der Waals surface area (Å²) in [5.41, 5.74) is 19.5. The molecule has 11 aromatic carbocycles. The van der Waals surface area contributed by atoms with E-state index in [1.54, 1.807) is 0 Å². The molecular formula is C66H49N. The standard InChI is InChI=1S/C66H49N/c1-66(2,3)54-35-39-63-59(43-54)58-40-53(34-38-62(58)67(63)55-22-14-7-15-23-55)48-26-30-50(31-27-48)65-57-37-33-51(45-18-10-5-11-19-45)41-60(57)64(49-28-24-47(25-29-49)44-16-8-4-9-17-44)56-36-32-52(42-61(56)65)46-20-12-6-13-21-46/h4-43H,1-3H3. The highest BCUT2D eigenvalue weighted by molar-refractivity contribution is 6.22. The highest BCUT2D eigenvalue weighted by Gasteiger charge is 2.21. The number of para-hydroxylation sites is 1. The van der Waals surface area contributed by atoms with Crippen molar-refractivity contribution < 1.29 is 0 Å². The topological polar surface area (TPSA) is 4.93 Å². The van der Waals surface area contributed by atoms with Gasteiger partial charge in [-0.15, -0.1) is 0 Å². The number of aromatic nitrogens is 1. The maximum atomic E-state index is 2.42. The highest BCUT2D eigenvalue weighted by atomic mass is 15.0. The molecule has 67 heavy (non-hydrogen) atoms. The lowest BCUT2D eigenvalue weighted by Gasteiger charge is -2.20. The van der Waals surface area contributed by atoms with Crippen LogP contribution in [0.15, 0.2) is 243 Å². The predicted molar refractivity (Wildman–Crippen MR) is 287 cm³/mol. The molecule has 1 aromatic heterocycles. The second kappa shape index (κ2) is 16.3. The molecule has 0 aliphatic carbocycles. The van der Waals surface area contributed by atoms with Crippen LogP contribution < -0.4 is 0 Å². The van der Waals surface area contributed by atoms with Crippen molar-refractivity contribution >= 4 is 43.4 Å². The van der Waals surface area contributed by atoms with Crippen molar-refractivity contribution in [3.63, 3.8) is 0 Å². The van der Waals surface area contributed by atoms with E-state index in [1.807, 2.05) is 0 Å². The summed E-state index contributed by atoms with van der Waals surface area (Å²) in [6, 6.07) is 89.6. The largest absolute Gasteiger partial charge is 0.309 e. The van der Waals surface area contributed by atoms with E-state index in [0.717, 1.165) is 0 Å². The van der Waals surface area contributed by atoms with Gasteiger partial charge in [-0.05, 0) is 148 Å². The van der Waals surface area contributed by atoms with E-state index in [2.05, 4.69) is 268 Å². The molecule has 0 fully saturated rings. The van der Waals surface area contributed by atoms with E-state index < -0.39 is 0 Å². The summed E-state index contributed by atoms with van der Waals surface area (Å²) >= 11 is 0. The minimum absolute atomic E-state index is 0.0350. The Morgan fingerprint density at radius 3 is 1.04 bits per heavy atom. The van der Waals surface area contributed by atoms with Crippen molar-refractivity contribution in [1.29, 1.82) is 0 Å². The molecule has 0 aliphatic heterocycles. The Hall–Kier alpha value is -8.26. The Labute approximate surface area is 392 Å². The molecule has 0 aliphatic rings. The van der Waals surface area contributed by atoms with Gasteiger partial charge in [0.05, 0.1) is 11.0 Å². The van der Waals surface area contributed by atoms with Crippen LogP contribution in [0.2, 0.25) is 0 Å². The predicted octanol–water partition coefficient (Wildman–Crippen LogP) is 18.4. The number of fused-ring (bicyclic) bond motifs is 5. The van der Waals surface area contributed by atoms with Crippen LogP contribution in [0.1, 0.15) is 26.3 Å². The summed E-state index contributed by atoms with van der Waals surface area (Å²) in [5, 5.41) is 7.49. The van der Waals surface area contributed by atoms with Crippen LogP contribution in [0.25, 0.3) is 116 Å². The zero-order valence-corrected chi connectivity index (χ0v) is 38.0. The first-order valence-corrected chi connectivity index (χ1v) is 23.4. The van der Waals surface area contributed by atoms with E-state index in [1.165, 1.54) is 121 Å². The molecule has 0 saturated heterocycles. The monoisotopic (exact) mass is 855 g/mol. The van der Waals surface area contributed by atoms with Crippen LogP contribution in [0.3, 0.4) is 0 Å². The third-order valence-electron chi connectivity index (χ3n) is 13.8. The molecule has 318 valence electrons. The average molecular weight is 856 g/mol. The summed E-state index contributed by atoms with van der Waals surface area (Å²) < 4.78 is 2.41.